The number of hydrogen-bond donors (Lipinski definition) is 0. The molecule has 0 aromatic rings. The van der Waals surface area contributed by atoms with Gasteiger partial charge in [-0.25, -0.2) is 0 Å². The third-order valence-electron chi connectivity index (χ3n) is 4.68. The Labute approximate surface area is 111 Å². The quantitative estimate of drug-likeness (QED) is 0.735. The van der Waals surface area contributed by atoms with E-state index < -0.39 is 0 Å². The molecule has 2 aliphatic heterocycles. The fourth-order valence-electron chi connectivity index (χ4n) is 3.25. The predicted molar refractivity (Wildman–Crippen MR) is 73.6 cm³/mol. The smallest absolute Gasteiger partial charge is 0.219 e. The van der Waals surface area contributed by atoms with E-state index in [2.05, 4.69) is 16.8 Å². The minimum atomic E-state index is 0.199. The molecule has 4 heteroatoms. The van der Waals surface area contributed by atoms with Crippen LogP contribution in [0.2, 0.25) is 0 Å². The number of rotatable bonds is 2. The summed E-state index contributed by atoms with van der Waals surface area (Å²) in [4.78, 5) is 18.4. The van der Waals surface area contributed by atoms with Crippen molar-refractivity contribution < 1.29 is 4.79 Å². The van der Waals surface area contributed by atoms with Crippen LogP contribution in [0.25, 0.3) is 0 Å². The Bertz CT molecular complexity index is 287. The fraction of sp³-hybridized carbons (Fsp3) is 0.929. The molecule has 0 N–H and O–H groups in total. The zero-order valence-corrected chi connectivity index (χ0v) is 12.1. The Kier molecular flexibility index (Phi) is 4.62. The largest absolute Gasteiger partial charge is 0.342 e. The second-order valence-corrected chi connectivity index (χ2v) is 5.96. The first kappa shape index (κ1) is 13.8. The zero-order valence-electron chi connectivity index (χ0n) is 12.1. The van der Waals surface area contributed by atoms with Crippen molar-refractivity contribution >= 4 is 5.91 Å². The topological polar surface area (TPSA) is 26.8 Å². The SMILES string of the molecule is CC(=O)N(C)C1CCCN(C2CCN(C)CC2)C1. The minimum absolute atomic E-state index is 0.199. The molecule has 2 heterocycles. The highest BCUT2D eigenvalue weighted by Gasteiger charge is 2.30. The lowest BCUT2D eigenvalue weighted by Crippen LogP contribution is -2.53. The van der Waals surface area contributed by atoms with Crippen molar-refractivity contribution in [3.8, 4) is 0 Å². The molecule has 2 aliphatic rings. The van der Waals surface area contributed by atoms with Crippen LogP contribution in [-0.2, 0) is 4.79 Å². The number of carbonyl (C=O) groups excluding carboxylic acids is 1. The van der Waals surface area contributed by atoms with E-state index >= 15 is 0 Å². The molecular weight excluding hydrogens is 226 g/mol. The van der Waals surface area contributed by atoms with Crippen LogP contribution < -0.4 is 0 Å². The molecule has 0 bridgehead atoms. The number of piperidine rings is 2. The summed E-state index contributed by atoms with van der Waals surface area (Å²) in [7, 11) is 4.16. The van der Waals surface area contributed by atoms with Crippen molar-refractivity contribution in [2.45, 2.75) is 44.7 Å². The van der Waals surface area contributed by atoms with Gasteiger partial charge in [0.15, 0.2) is 0 Å². The van der Waals surface area contributed by atoms with Gasteiger partial charge in [0.2, 0.25) is 5.91 Å². The van der Waals surface area contributed by atoms with E-state index in [1.165, 1.54) is 45.3 Å². The molecule has 18 heavy (non-hydrogen) atoms. The average molecular weight is 253 g/mol. The summed E-state index contributed by atoms with van der Waals surface area (Å²) in [6.45, 7) is 6.40. The van der Waals surface area contributed by atoms with E-state index in [-0.39, 0.29) is 5.91 Å². The second kappa shape index (κ2) is 6.02. The summed E-state index contributed by atoms with van der Waals surface area (Å²) in [5.74, 6) is 0.199. The number of amides is 1. The monoisotopic (exact) mass is 253 g/mol. The maximum atomic E-state index is 11.5. The fourth-order valence-corrected chi connectivity index (χ4v) is 3.25. The van der Waals surface area contributed by atoms with Crippen molar-refractivity contribution in [2.24, 2.45) is 0 Å². The van der Waals surface area contributed by atoms with Crippen LogP contribution >= 0.6 is 0 Å². The van der Waals surface area contributed by atoms with Crippen LogP contribution in [0.15, 0.2) is 0 Å². The maximum Gasteiger partial charge on any atom is 0.219 e. The Balaban J connectivity index is 1.88. The van der Waals surface area contributed by atoms with Gasteiger partial charge in [-0.15, -0.1) is 0 Å². The molecule has 1 atom stereocenters. The van der Waals surface area contributed by atoms with Crippen molar-refractivity contribution in [1.29, 1.82) is 0 Å². The van der Waals surface area contributed by atoms with E-state index in [0.717, 1.165) is 12.6 Å². The van der Waals surface area contributed by atoms with Gasteiger partial charge in [0.05, 0.1) is 0 Å². The highest BCUT2D eigenvalue weighted by molar-refractivity contribution is 5.73. The summed E-state index contributed by atoms with van der Waals surface area (Å²) in [5, 5.41) is 0. The molecule has 0 radical (unpaired) electrons. The lowest BCUT2D eigenvalue weighted by Gasteiger charge is -2.43. The molecule has 0 spiro atoms. The van der Waals surface area contributed by atoms with Crippen molar-refractivity contribution in [3.63, 3.8) is 0 Å². The van der Waals surface area contributed by atoms with Crippen LogP contribution in [0.4, 0.5) is 0 Å². The minimum Gasteiger partial charge on any atom is -0.342 e. The Hall–Kier alpha value is -0.610. The number of hydrogen-bond acceptors (Lipinski definition) is 3. The van der Waals surface area contributed by atoms with Crippen molar-refractivity contribution in [2.75, 3.05) is 40.3 Å². The molecule has 0 aromatic heterocycles. The number of likely N-dealkylation sites (N-methyl/N-ethyl adjacent to an activating group) is 1. The molecule has 2 rings (SSSR count). The van der Waals surface area contributed by atoms with Gasteiger partial charge < -0.3 is 9.80 Å². The Morgan fingerprint density at radius 3 is 2.44 bits per heavy atom. The summed E-state index contributed by atoms with van der Waals surface area (Å²) in [6, 6.07) is 1.17. The van der Waals surface area contributed by atoms with Crippen LogP contribution in [0.3, 0.4) is 0 Å². The standard InChI is InChI=1S/C14H27N3O/c1-12(18)16(3)14-5-4-8-17(11-14)13-6-9-15(2)10-7-13/h13-14H,4-11H2,1-3H3. The zero-order chi connectivity index (χ0) is 13.1. The molecule has 104 valence electrons. The van der Waals surface area contributed by atoms with Crippen molar-refractivity contribution in [1.82, 2.24) is 14.7 Å². The predicted octanol–water partition coefficient (Wildman–Crippen LogP) is 1.02. The normalized spacial score (nSPS) is 28.3. The average Bonchev–Trinajstić information content (AvgIpc) is 2.38. The maximum absolute atomic E-state index is 11.5. The van der Waals surface area contributed by atoms with Gasteiger partial charge in [0, 0.05) is 32.6 Å². The van der Waals surface area contributed by atoms with Gasteiger partial charge in [0.25, 0.3) is 0 Å². The molecule has 2 fully saturated rings. The molecule has 1 amide bonds. The second-order valence-electron chi connectivity index (χ2n) is 5.96. The summed E-state index contributed by atoms with van der Waals surface area (Å²) >= 11 is 0. The Morgan fingerprint density at radius 1 is 1.17 bits per heavy atom. The summed E-state index contributed by atoms with van der Waals surface area (Å²) < 4.78 is 0. The molecule has 1 unspecified atom stereocenters. The van der Waals surface area contributed by atoms with Gasteiger partial charge in [0.1, 0.15) is 0 Å². The summed E-state index contributed by atoms with van der Waals surface area (Å²) in [6.07, 6.45) is 4.97. The van der Waals surface area contributed by atoms with Gasteiger partial charge in [-0.2, -0.15) is 0 Å². The molecule has 2 saturated heterocycles. The number of likely N-dealkylation sites (tertiary alicyclic amines) is 2. The van der Waals surface area contributed by atoms with E-state index in [1.54, 1.807) is 6.92 Å². The first-order valence-corrected chi connectivity index (χ1v) is 7.24. The molecule has 0 aromatic carbocycles. The van der Waals surface area contributed by atoms with E-state index in [0.29, 0.717) is 6.04 Å². The van der Waals surface area contributed by atoms with Gasteiger partial charge in [-0.3, -0.25) is 9.69 Å². The van der Waals surface area contributed by atoms with Gasteiger partial charge in [-0.05, 0) is 52.4 Å². The van der Waals surface area contributed by atoms with E-state index in [1.807, 2.05) is 11.9 Å². The lowest BCUT2D eigenvalue weighted by atomic mass is 9.97. The molecule has 4 nitrogen and oxygen atoms in total. The van der Waals surface area contributed by atoms with E-state index in [4.69, 9.17) is 0 Å². The molecule has 0 aliphatic carbocycles. The van der Waals surface area contributed by atoms with Crippen LogP contribution in [0.5, 0.6) is 0 Å². The van der Waals surface area contributed by atoms with Crippen LogP contribution in [-0.4, -0.2) is 73.0 Å². The number of nitrogens with zero attached hydrogens (tertiary/aromatic N) is 3. The first-order chi connectivity index (χ1) is 8.58. The third kappa shape index (κ3) is 3.23. The highest BCUT2D eigenvalue weighted by Crippen LogP contribution is 2.22. The molecule has 0 saturated carbocycles. The molecular formula is C14H27N3O. The van der Waals surface area contributed by atoms with Gasteiger partial charge in [-0.1, -0.05) is 0 Å². The van der Waals surface area contributed by atoms with E-state index in [9.17, 15) is 4.79 Å². The number of carbonyl (C=O) groups is 1. The van der Waals surface area contributed by atoms with Crippen LogP contribution in [0.1, 0.15) is 32.6 Å². The lowest BCUT2D eigenvalue weighted by molar-refractivity contribution is -0.130. The van der Waals surface area contributed by atoms with Crippen LogP contribution in [0, 0.1) is 0 Å². The van der Waals surface area contributed by atoms with Crippen molar-refractivity contribution in [3.05, 3.63) is 0 Å². The summed E-state index contributed by atoms with van der Waals surface area (Å²) in [5.41, 5.74) is 0. The first-order valence-electron chi connectivity index (χ1n) is 7.24. The van der Waals surface area contributed by atoms with Gasteiger partial charge >= 0.3 is 0 Å². The third-order valence-corrected chi connectivity index (χ3v) is 4.68. The Morgan fingerprint density at radius 2 is 1.83 bits per heavy atom. The highest BCUT2D eigenvalue weighted by atomic mass is 16.2.